The Balaban J connectivity index is 3.27. The van der Waals surface area contributed by atoms with Gasteiger partial charge in [0.15, 0.2) is 0 Å². The van der Waals surface area contributed by atoms with Crippen LogP contribution in [-0.4, -0.2) is 23.0 Å². The molecule has 0 aromatic heterocycles. The molecule has 0 atom stereocenters. The predicted molar refractivity (Wildman–Crippen MR) is 46.5 cm³/mol. The molecule has 3 nitrogen and oxygen atoms in total. The zero-order valence-electron chi connectivity index (χ0n) is 7.80. The lowest BCUT2D eigenvalue weighted by molar-refractivity contribution is -0.123. The topological polar surface area (TPSA) is 40.5 Å². The molecule has 0 radical (unpaired) electrons. The van der Waals surface area contributed by atoms with Gasteiger partial charge < -0.3 is 10.0 Å². The first kappa shape index (κ1) is 8.84. The minimum absolute atomic E-state index is 0.0983. The van der Waals surface area contributed by atoms with E-state index in [2.05, 4.69) is 0 Å². The number of rotatable bonds is 0. The van der Waals surface area contributed by atoms with Crippen molar-refractivity contribution in [2.24, 2.45) is 0 Å². The maximum Gasteiger partial charge on any atom is 0.261 e. The van der Waals surface area contributed by atoms with E-state index in [1.54, 1.807) is 11.9 Å². The Morgan fingerprint density at radius 2 is 1.92 bits per heavy atom. The van der Waals surface area contributed by atoms with Gasteiger partial charge in [-0.25, -0.2) is 0 Å². The maximum atomic E-state index is 11.4. The predicted octanol–water partition coefficient (Wildman–Crippen LogP) is 1.58. The van der Waals surface area contributed by atoms with Crippen LogP contribution in [0.2, 0.25) is 0 Å². The molecule has 3 heteroatoms. The fourth-order valence-corrected chi connectivity index (χ4v) is 1.34. The molecule has 0 aromatic carbocycles. The molecule has 1 aliphatic heterocycles. The minimum atomic E-state index is -0.120. The summed E-state index contributed by atoms with van der Waals surface area (Å²) in [5, 5.41) is 9.23. The number of nitrogens with zero attached hydrogens (tertiary/aromatic N) is 1. The fraction of sp³-hybridized carbons (Fsp3) is 0.444. The van der Waals surface area contributed by atoms with Crippen molar-refractivity contribution >= 4 is 5.91 Å². The lowest BCUT2D eigenvalue weighted by Crippen LogP contribution is -2.20. The molecule has 1 heterocycles. The molecule has 0 unspecified atom stereocenters. The molecule has 0 saturated heterocycles. The number of likely N-dealkylation sites (N-methyl/N-ethyl adjacent to an activating group) is 1. The van der Waals surface area contributed by atoms with Crippen LogP contribution in [0.4, 0.5) is 0 Å². The van der Waals surface area contributed by atoms with Crippen LogP contribution >= 0.6 is 0 Å². The lowest BCUT2D eigenvalue weighted by atomic mass is 10.1. The normalized spacial score (nSPS) is 22.3. The third kappa shape index (κ3) is 1.02. The van der Waals surface area contributed by atoms with Crippen molar-refractivity contribution in [3.8, 4) is 0 Å². The highest BCUT2D eigenvalue weighted by Crippen LogP contribution is 2.28. The summed E-state index contributed by atoms with van der Waals surface area (Å²) in [6.45, 7) is 5.23. The van der Waals surface area contributed by atoms with Crippen LogP contribution < -0.4 is 0 Å². The van der Waals surface area contributed by atoms with Crippen molar-refractivity contribution in [2.75, 3.05) is 7.05 Å². The molecule has 0 fully saturated rings. The Bertz CT molecular complexity index is 296. The van der Waals surface area contributed by atoms with Gasteiger partial charge in [-0.1, -0.05) is 0 Å². The Labute approximate surface area is 72.0 Å². The number of amides is 1. The van der Waals surface area contributed by atoms with Crippen molar-refractivity contribution in [1.82, 2.24) is 4.90 Å². The maximum absolute atomic E-state index is 11.4. The van der Waals surface area contributed by atoms with Gasteiger partial charge in [-0.05, 0) is 26.3 Å². The van der Waals surface area contributed by atoms with E-state index in [1.165, 1.54) is 6.92 Å². The van der Waals surface area contributed by atoms with E-state index in [-0.39, 0.29) is 11.7 Å². The van der Waals surface area contributed by atoms with Gasteiger partial charge in [-0.2, -0.15) is 0 Å². The second-order valence-corrected chi connectivity index (χ2v) is 3.03. The van der Waals surface area contributed by atoms with Crippen LogP contribution in [0.1, 0.15) is 20.8 Å². The molecule has 0 spiro atoms. The summed E-state index contributed by atoms with van der Waals surface area (Å²) in [5.74, 6) is -0.0220. The molecule has 1 N–H and O–H groups in total. The zero-order valence-corrected chi connectivity index (χ0v) is 7.80. The SMILES string of the molecule is CC(O)=C1C(=O)N(C)C(C)=C1C. The van der Waals surface area contributed by atoms with Crippen LogP contribution in [0, 0.1) is 0 Å². The molecule has 0 aromatic rings. The zero-order chi connectivity index (χ0) is 9.46. The fourth-order valence-electron chi connectivity index (χ4n) is 1.34. The molecular weight excluding hydrogens is 154 g/mol. The summed E-state index contributed by atoms with van der Waals surface area (Å²) >= 11 is 0. The molecule has 12 heavy (non-hydrogen) atoms. The van der Waals surface area contributed by atoms with Crippen molar-refractivity contribution < 1.29 is 9.90 Å². The van der Waals surface area contributed by atoms with Crippen molar-refractivity contribution in [2.45, 2.75) is 20.8 Å². The Morgan fingerprint density at radius 3 is 2.08 bits per heavy atom. The summed E-state index contributed by atoms with van der Waals surface area (Å²) in [4.78, 5) is 13.0. The lowest BCUT2D eigenvalue weighted by Gasteiger charge is -2.08. The molecule has 1 aliphatic rings. The largest absolute Gasteiger partial charge is 0.512 e. The summed E-state index contributed by atoms with van der Waals surface area (Å²) in [6, 6.07) is 0. The van der Waals surface area contributed by atoms with Crippen LogP contribution in [0.15, 0.2) is 22.6 Å². The van der Waals surface area contributed by atoms with Gasteiger partial charge in [0.1, 0.15) is 5.76 Å². The second-order valence-electron chi connectivity index (χ2n) is 3.03. The van der Waals surface area contributed by atoms with Gasteiger partial charge >= 0.3 is 0 Å². The molecule has 0 aliphatic carbocycles. The molecule has 1 amide bonds. The van der Waals surface area contributed by atoms with Gasteiger partial charge in [-0.15, -0.1) is 0 Å². The smallest absolute Gasteiger partial charge is 0.261 e. The van der Waals surface area contributed by atoms with E-state index in [4.69, 9.17) is 0 Å². The highest BCUT2D eigenvalue weighted by atomic mass is 16.3. The van der Waals surface area contributed by atoms with E-state index in [1.807, 2.05) is 13.8 Å². The van der Waals surface area contributed by atoms with Crippen molar-refractivity contribution in [3.05, 3.63) is 22.6 Å². The van der Waals surface area contributed by atoms with Gasteiger partial charge in [0.25, 0.3) is 5.91 Å². The Morgan fingerprint density at radius 1 is 1.42 bits per heavy atom. The first-order valence-electron chi connectivity index (χ1n) is 3.82. The quantitative estimate of drug-likeness (QED) is 0.439. The molecule has 0 bridgehead atoms. The number of allylic oxidation sites excluding steroid dienone is 2. The van der Waals surface area contributed by atoms with Gasteiger partial charge in [0.05, 0.1) is 5.57 Å². The third-order valence-electron chi connectivity index (χ3n) is 2.30. The van der Waals surface area contributed by atoms with E-state index in [0.717, 1.165) is 11.3 Å². The summed E-state index contributed by atoms with van der Waals surface area (Å²) in [6.07, 6.45) is 0. The Hall–Kier alpha value is -1.25. The summed E-state index contributed by atoms with van der Waals surface area (Å²) < 4.78 is 0. The highest BCUT2D eigenvalue weighted by Gasteiger charge is 2.28. The average Bonchev–Trinajstić information content (AvgIpc) is 2.16. The summed E-state index contributed by atoms with van der Waals surface area (Å²) in [5.41, 5.74) is 2.21. The number of carbonyl (C=O) groups is 1. The number of carbonyl (C=O) groups excluding carboxylic acids is 1. The minimum Gasteiger partial charge on any atom is -0.512 e. The monoisotopic (exact) mass is 167 g/mol. The molecule has 0 saturated carbocycles. The number of hydrogen-bond acceptors (Lipinski definition) is 2. The van der Waals surface area contributed by atoms with Gasteiger partial charge in [-0.3, -0.25) is 4.79 Å². The number of hydrogen-bond donors (Lipinski definition) is 1. The molecule has 66 valence electrons. The van der Waals surface area contributed by atoms with Crippen LogP contribution in [-0.2, 0) is 4.79 Å². The summed E-state index contributed by atoms with van der Waals surface area (Å²) in [7, 11) is 1.71. The van der Waals surface area contributed by atoms with Crippen LogP contribution in [0.25, 0.3) is 0 Å². The first-order valence-corrected chi connectivity index (χ1v) is 3.82. The number of aliphatic hydroxyl groups excluding tert-OH is 1. The van der Waals surface area contributed by atoms with Crippen molar-refractivity contribution in [3.63, 3.8) is 0 Å². The standard InChI is InChI=1S/C9H13NO2/c1-5-6(2)10(4)9(12)8(5)7(3)11/h11H,1-4H3. The van der Waals surface area contributed by atoms with Gasteiger partial charge in [0, 0.05) is 12.7 Å². The highest BCUT2D eigenvalue weighted by molar-refractivity contribution is 6.02. The van der Waals surface area contributed by atoms with Gasteiger partial charge in [0.2, 0.25) is 0 Å². The molecular formula is C9H13NO2. The van der Waals surface area contributed by atoms with E-state index < -0.39 is 0 Å². The second kappa shape index (κ2) is 2.66. The Kier molecular flexibility index (Phi) is 1.96. The van der Waals surface area contributed by atoms with Crippen LogP contribution in [0.3, 0.4) is 0 Å². The average molecular weight is 167 g/mol. The van der Waals surface area contributed by atoms with Crippen molar-refractivity contribution in [1.29, 1.82) is 0 Å². The van der Waals surface area contributed by atoms with E-state index >= 15 is 0 Å². The van der Waals surface area contributed by atoms with Crippen LogP contribution in [0.5, 0.6) is 0 Å². The van der Waals surface area contributed by atoms with E-state index in [9.17, 15) is 9.90 Å². The number of aliphatic hydroxyl groups is 1. The molecule has 1 rings (SSSR count). The first-order chi connectivity index (χ1) is 5.46. The third-order valence-corrected chi connectivity index (χ3v) is 2.30. The van der Waals surface area contributed by atoms with E-state index in [0.29, 0.717) is 5.57 Å².